The van der Waals surface area contributed by atoms with Crippen LogP contribution in [0.5, 0.6) is 11.5 Å². The molecule has 164 valence electrons. The molecule has 11 heteroatoms. The van der Waals surface area contributed by atoms with Crippen LogP contribution in [-0.4, -0.2) is 27.3 Å². The van der Waals surface area contributed by atoms with Crippen LogP contribution in [0.4, 0.5) is 13.9 Å². The molecule has 2 aromatic heterocycles. The second-order valence-electron chi connectivity index (χ2n) is 6.37. The van der Waals surface area contributed by atoms with Crippen LogP contribution in [-0.2, 0) is 6.73 Å². The molecule has 0 aliphatic heterocycles. The highest BCUT2D eigenvalue weighted by Gasteiger charge is 2.13. The number of rotatable bonds is 8. The molecule has 0 saturated heterocycles. The molecule has 4 aromatic rings. The second kappa shape index (κ2) is 9.75. The molecule has 7 nitrogen and oxygen atoms in total. The first-order valence-electron chi connectivity index (χ1n) is 9.20. The van der Waals surface area contributed by atoms with Crippen molar-refractivity contribution in [1.82, 2.24) is 14.8 Å². The Hall–Kier alpha value is -3.50. The molecule has 0 aliphatic carbocycles. The van der Waals surface area contributed by atoms with E-state index in [1.807, 2.05) is 0 Å². The molecule has 0 aliphatic rings. The average Bonchev–Trinajstić information content (AvgIpc) is 3.42. The van der Waals surface area contributed by atoms with Gasteiger partial charge in [-0.25, -0.2) is 9.67 Å². The van der Waals surface area contributed by atoms with E-state index in [9.17, 15) is 13.6 Å². The molecule has 0 bridgehead atoms. The molecular formula is C21H15ClF2N4O3S. The normalized spacial score (nSPS) is 10.9. The van der Waals surface area contributed by atoms with Gasteiger partial charge in [0, 0.05) is 22.2 Å². The number of hydrogen-bond donors (Lipinski definition) is 1. The lowest BCUT2D eigenvalue weighted by molar-refractivity contribution is -0.0498. The van der Waals surface area contributed by atoms with Crippen molar-refractivity contribution < 1.29 is 23.0 Å². The minimum atomic E-state index is -2.88. The molecule has 1 N–H and O–H groups in total. The summed E-state index contributed by atoms with van der Waals surface area (Å²) in [6.07, 6.45) is 1.62. The number of halogens is 3. The van der Waals surface area contributed by atoms with Gasteiger partial charge >= 0.3 is 6.61 Å². The summed E-state index contributed by atoms with van der Waals surface area (Å²) in [5, 5.41) is 9.56. The van der Waals surface area contributed by atoms with Crippen LogP contribution in [0.1, 0.15) is 10.5 Å². The molecule has 0 spiro atoms. The Bertz CT molecular complexity index is 1210. The van der Waals surface area contributed by atoms with E-state index in [0.29, 0.717) is 27.2 Å². The summed E-state index contributed by atoms with van der Waals surface area (Å²) < 4.78 is 35.9. The highest BCUT2D eigenvalue weighted by atomic mass is 35.5. The number of aromatic nitrogens is 3. The fraction of sp³-hybridized carbons (Fsp3) is 0.0952. The van der Waals surface area contributed by atoms with Crippen molar-refractivity contribution in [3.05, 3.63) is 76.9 Å². The first-order valence-corrected chi connectivity index (χ1v) is 10.5. The predicted octanol–water partition coefficient (Wildman–Crippen LogP) is 5.55. The van der Waals surface area contributed by atoms with Crippen LogP contribution in [0.15, 0.2) is 66.2 Å². The monoisotopic (exact) mass is 476 g/mol. The third kappa shape index (κ3) is 5.59. The SMILES string of the molecule is O=C(Nc1nc(-c2ccc(OC(F)F)cc2)cs1)c1ccn(COc2cccc(Cl)c2)n1. The molecule has 1 amide bonds. The van der Waals surface area contributed by atoms with Crippen molar-refractivity contribution in [2.75, 3.05) is 5.32 Å². The van der Waals surface area contributed by atoms with Gasteiger partial charge in [0.2, 0.25) is 0 Å². The molecule has 0 unspecified atom stereocenters. The van der Waals surface area contributed by atoms with E-state index in [4.69, 9.17) is 16.3 Å². The molecule has 4 rings (SSSR count). The third-order valence-corrected chi connectivity index (χ3v) is 5.13. The topological polar surface area (TPSA) is 78.3 Å². The van der Waals surface area contributed by atoms with E-state index in [0.717, 1.165) is 0 Å². The molecule has 0 fully saturated rings. The van der Waals surface area contributed by atoms with Crippen molar-refractivity contribution in [2.24, 2.45) is 0 Å². The first kappa shape index (κ1) is 21.7. The number of amides is 1. The predicted molar refractivity (Wildman–Crippen MR) is 116 cm³/mol. The van der Waals surface area contributed by atoms with E-state index in [2.05, 4.69) is 20.1 Å². The summed E-state index contributed by atoms with van der Waals surface area (Å²) in [6.45, 7) is -2.77. The lowest BCUT2D eigenvalue weighted by atomic mass is 10.2. The summed E-state index contributed by atoms with van der Waals surface area (Å²) in [5.41, 5.74) is 1.49. The van der Waals surface area contributed by atoms with Gasteiger partial charge in [-0.3, -0.25) is 10.1 Å². The molecule has 0 radical (unpaired) electrons. The van der Waals surface area contributed by atoms with Gasteiger partial charge in [0.15, 0.2) is 17.6 Å². The maximum atomic E-state index is 12.5. The molecule has 32 heavy (non-hydrogen) atoms. The number of nitrogens with one attached hydrogen (secondary N) is 1. The fourth-order valence-electron chi connectivity index (χ4n) is 2.68. The fourth-order valence-corrected chi connectivity index (χ4v) is 3.58. The molecule has 0 atom stereocenters. The summed E-state index contributed by atoms with van der Waals surface area (Å²) in [6, 6.07) is 14.6. The summed E-state index contributed by atoms with van der Waals surface area (Å²) in [7, 11) is 0. The maximum absolute atomic E-state index is 12.5. The zero-order valence-corrected chi connectivity index (χ0v) is 17.8. The van der Waals surface area contributed by atoms with Gasteiger partial charge in [0.1, 0.15) is 11.5 Å². The molecular weight excluding hydrogens is 462 g/mol. The standard InChI is InChI=1S/C21H15ClF2N4O3S/c22-14-2-1-3-16(10-14)30-12-28-9-8-17(27-28)19(29)26-21-25-18(11-32-21)13-4-6-15(7-5-13)31-20(23)24/h1-11,20H,12H2,(H,25,26,29). The molecule has 2 heterocycles. The Morgan fingerprint density at radius 3 is 2.72 bits per heavy atom. The maximum Gasteiger partial charge on any atom is 0.387 e. The minimum Gasteiger partial charge on any atom is -0.471 e. The smallest absolute Gasteiger partial charge is 0.387 e. The lowest BCUT2D eigenvalue weighted by Crippen LogP contribution is -2.14. The summed E-state index contributed by atoms with van der Waals surface area (Å²) >= 11 is 7.15. The Labute approximate surface area is 190 Å². The van der Waals surface area contributed by atoms with Crippen LogP contribution in [0.25, 0.3) is 11.3 Å². The van der Waals surface area contributed by atoms with Gasteiger partial charge < -0.3 is 9.47 Å². The minimum absolute atomic E-state index is 0.0578. The molecule has 2 aromatic carbocycles. The number of thiazole rings is 1. The number of ether oxygens (including phenoxy) is 2. The Kier molecular flexibility index (Phi) is 6.62. The highest BCUT2D eigenvalue weighted by Crippen LogP contribution is 2.27. The van der Waals surface area contributed by atoms with Crippen LogP contribution in [0, 0.1) is 0 Å². The number of hydrogen-bond acceptors (Lipinski definition) is 6. The van der Waals surface area contributed by atoms with E-state index >= 15 is 0 Å². The van der Waals surface area contributed by atoms with E-state index in [1.54, 1.807) is 54.0 Å². The van der Waals surface area contributed by atoms with Crippen LogP contribution in [0.2, 0.25) is 5.02 Å². The number of nitrogens with zero attached hydrogens (tertiary/aromatic N) is 3. The van der Waals surface area contributed by atoms with Crippen molar-refractivity contribution >= 4 is 34.0 Å². The molecule has 0 saturated carbocycles. The van der Waals surface area contributed by atoms with E-state index < -0.39 is 12.5 Å². The Morgan fingerprint density at radius 2 is 1.97 bits per heavy atom. The zero-order valence-electron chi connectivity index (χ0n) is 16.2. The number of carbonyl (C=O) groups excluding carboxylic acids is 1. The number of alkyl halides is 2. The van der Waals surface area contributed by atoms with Gasteiger partial charge in [-0.2, -0.15) is 13.9 Å². The third-order valence-electron chi connectivity index (χ3n) is 4.13. The van der Waals surface area contributed by atoms with Gasteiger partial charge in [-0.05, 0) is 48.5 Å². The van der Waals surface area contributed by atoms with E-state index in [-0.39, 0.29) is 18.2 Å². The van der Waals surface area contributed by atoms with Crippen LogP contribution >= 0.6 is 22.9 Å². The van der Waals surface area contributed by atoms with Crippen molar-refractivity contribution in [3.8, 4) is 22.8 Å². The average molecular weight is 477 g/mol. The lowest BCUT2D eigenvalue weighted by Gasteiger charge is -2.06. The largest absolute Gasteiger partial charge is 0.471 e. The van der Waals surface area contributed by atoms with E-state index in [1.165, 1.54) is 28.2 Å². The zero-order chi connectivity index (χ0) is 22.5. The van der Waals surface area contributed by atoms with Crippen molar-refractivity contribution in [1.29, 1.82) is 0 Å². The van der Waals surface area contributed by atoms with Gasteiger partial charge in [-0.1, -0.05) is 17.7 Å². The number of anilines is 1. The van der Waals surface area contributed by atoms with Gasteiger partial charge in [0.25, 0.3) is 5.91 Å². The summed E-state index contributed by atoms with van der Waals surface area (Å²) in [4.78, 5) is 16.8. The first-order chi connectivity index (χ1) is 15.5. The second-order valence-corrected chi connectivity index (χ2v) is 7.66. The number of carbonyl (C=O) groups is 1. The van der Waals surface area contributed by atoms with Crippen LogP contribution in [0.3, 0.4) is 0 Å². The Morgan fingerprint density at radius 1 is 1.16 bits per heavy atom. The Balaban J connectivity index is 1.35. The number of benzene rings is 2. The highest BCUT2D eigenvalue weighted by molar-refractivity contribution is 7.14. The van der Waals surface area contributed by atoms with Crippen LogP contribution < -0.4 is 14.8 Å². The van der Waals surface area contributed by atoms with Crippen molar-refractivity contribution in [3.63, 3.8) is 0 Å². The van der Waals surface area contributed by atoms with Gasteiger partial charge in [0.05, 0.1) is 5.69 Å². The van der Waals surface area contributed by atoms with Crippen molar-refractivity contribution in [2.45, 2.75) is 13.3 Å². The van der Waals surface area contributed by atoms with Gasteiger partial charge in [-0.15, -0.1) is 11.3 Å². The summed E-state index contributed by atoms with van der Waals surface area (Å²) in [5.74, 6) is 0.221. The quantitative estimate of drug-likeness (QED) is 0.360.